The van der Waals surface area contributed by atoms with Crippen LogP contribution < -0.4 is 5.73 Å². The first-order chi connectivity index (χ1) is 17.3. The van der Waals surface area contributed by atoms with Crippen molar-refractivity contribution in [3.05, 3.63) is 96.2 Å². The fraction of sp³-hybridized carbons (Fsp3) is 0.0400. The fourth-order valence-electron chi connectivity index (χ4n) is 4.24. The van der Waals surface area contributed by atoms with Gasteiger partial charge < -0.3 is 10.7 Å². The molecule has 2 aromatic carbocycles. The maximum atomic E-state index is 13.7. The second-order valence-corrected chi connectivity index (χ2v) is 10.0. The van der Waals surface area contributed by atoms with E-state index < -0.39 is 15.8 Å². The molecule has 0 unspecified atom stereocenters. The van der Waals surface area contributed by atoms with Crippen molar-refractivity contribution in [1.29, 1.82) is 0 Å². The predicted octanol–water partition coefficient (Wildman–Crippen LogP) is 3.46. The number of imidazole rings is 1. The smallest absolute Gasteiger partial charge is 0.270 e. The van der Waals surface area contributed by atoms with Gasteiger partial charge in [-0.2, -0.15) is 5.10 Å². The van der Waals surface area contributed by atoms with E-state index >= 15 is 0 Å². The Bertz CT molecular complexity index is 1900. The van der Waals surface area contributed by atoms with Gasteiger partial charge >= 0.3 is 0 Å². The predicted molar refractivity (Wildman–Crippen MR) is 135 cm³/mol. The lowest BCUT2D eigenvalue weighted by Gasteiger charge is -2.11. The average molecular weight is 498 g/mol. The Labute approximate surface area is 205 Å². The number of nitrogen functional groups attached to an aromatic ring is 1. The number of rotatable bonds is 5. The number of nitrogens with two attached hydrogens (primary N) is 1. The summed E-state index contributed by atoms with van der Waals surface area (Å²) in [7, 11) is -4.13. The van der Waals surface area contributed by atoms with Crippen LogP contribution in [0.2, 0.25) is 0 Å². The minimum absolute atomic E-state index is 0.0361. The lowest BCUT2D eigenvalue weighted by molar-refractivity contribution is 0.103. The van der Waals surface area contributed by atoms with E-state index in [0.717, 1.165) is 20.8 Å². The number of ketones is 1. The molecule has 36 heavy (non-hydrogen) atoms. The summed E-state index contributed by atoms with van der Waals surface area (Å²) in [6, 6.07) is 18.2. The van der Waals surface area contributed by atoms with Gasteiger partial charge in [-0.1, -0.05) is 18.2 Å². The van der Waals surface area contributed by atoms with E-state index in [1.807, 2.05) is 19.1 Å². The molecule has 0 amide bonds. The Hall–Kier alpha value is -4.77. The van der Waals surface area contributed by atoms with Crippen LogP contribution in [0.25, 0.3) is 27.8 Å². The molecule has 4 aromatic heterocycles. The number of aromatic amines is 1. The van der Waals surface area contributed by atoms with Crippen molar-refractivity contribution in [2.45, 2.75) is 11.8 Å². The Balaban J connectivity index is 1.50. The van der Waals surface area contributed by atoms with E-state index in [9.17, 15) is 13.2 Å². The molecule has 0 aliphatic carbocycles. The molecule has 0 aliphatic heterocycles. The van der Waals surface area contributed by atoms with Gasteiger partial charge in [0, 0.05) is 11.6 Å². The van der Waals surface area contributed by atoms with Gasteiger partial charge in [-0.3, -0.25) is 4.79 Å². The van der Waals surface area contributed by atoms with Crippen LogP contribution >= 0.6 is 0 Å². The van der Waals surface area contributed by atoms with Crippen molar-refractivity contribution < 1.29 is 13.2 Å². The first-order valence-corrected chi connectivity index (χ1v) is 12.4. The van der Waals surface area contributed by atoms with Crippen molar-refractivity contribution in [3.63, 3.8) is 0 Å². The highest BCUT2D eigenvalue weighted by Crippen LogP contribution is 2.28. The topological polar surface area (TPSA) is 142 Å². The molecule has 0 fully saturated rings. The monoisotopic (exact) mass is 497 g/mol. The molecule has 0 bridgehead atoms. The van der Waals surface area contributed by atoms with Gasteiger partial charge in [0.05, 0.1) is 33.4 Å². The van der Waals surface area contributed by atoms with E-state index in [4.69, 9.17) is 5.73 Å². The molecule has 0 aliphatic rings. The van der Waals surface area contributed by atoms with Gasteiger partial charge in [0.15, 0.2) is 5.65 Å². The summed E-state index contributed by atoms with van der Waals surface area (Å²) >= 11 is 0. The maximum Gasteiger partial charge on any atom is 0.270 e. The Kier molecular flexibility index (Phi) is 4.76. The highest BCUT2D eigenvalue weighted by atomic mass is 32.2. The SMILES string of the molecule is Cc1nc2ccc(-n3ncc(C(=O)c4cc5cccnc5n4S(=O)(=O)c4ccccc4)c3N)cc2[nH]1. The van der Waals surface area contributed by atoms with E-state index in [1.54, 1.807) is 36.4 Å². The molecule has 0 radical (unpaired) electrons. The molecule has 0 spiro atoms. The maximum absolute atomic E-state index is 13.7. The molecule has 0 saturated heterocycles. The summed E-state index contributed by atoms with van der Waals surface area (Å²) < 4.78 is 29.6. The molecule has 178 valence electrons. The van der Waals surface area contributed by atoms with E-state index in [1.165, 1.54) is 35.3 Å². The average Bonchev–Trinajstić information content (AvgIpc) is 3.57. The second kappa shape index (κ2) is 7.89. The van der Waals surface area contributed by atoms with Crippen LogP contribution in [0.15, 0.2) is 84.0 Å². The number of aryl methyl sites for hydroxylation is 1. The molecule has 6 rings (SSSR count). The molecule has 0 saturated carbocycles. The number of hydrogen-bond donors (Lipinski definition) is 2. The number of H-pyrrole nitrogens is 1. The van der Waals surface area contributed by atoms with Crippen molar-refractivity contribution >= 4 is 43.7 Å². The zero-order valence-electron chi connectivity index (χ0n) is 19.0. The van der Waals surface area contributed by atoms with Crippen LogP contribution in [0.5, 0.6) is 0 Å². The van der Waals surface area contributed by atoms with E-state index in [2.05, 4.69) is 20.1 Å². The lowest BCUT2D eigenvalue weighted by Crippen LogP contribution is -2.20. The number of benzene rings is 2. The summed E-state index contributed by atoms with van der Waals surface area (Å²) in [6.07, 6.45) is 2.82. The molecular formula is C25H19N7O3S. The molecule has 11 heteroatoms. The highest BCUT2D eigenvalue weighted by molar-refractivity contribution is 7.90. The minimum Gasteiger partial charge on any atom is -0.383 e. The van der Waals surface area contributed by atoms with Gasteiger partial charge in [0.2, 0.25) is 5.78 Å². The fourth-order valence-corrected chi connectivity index (χ4v) is 5.73. The summed E-state index contributed by atoms with van der Waals surface area (Å²) in [4.78, 5) is 25.6. The summed E-state index contributed by atoms with van der Waals surface area (Å²) in [5.74, 6) is 0.264. The first kappa shape index (κ1) is 21.7. The van der Waals surface area contributed by atoms with Crippen LogP contribution in [-0.4, -0.2) is 42.9 Å². The zero-order chi connectivity index (χ0) is 25.0. The van der Waals surface area contributed by atoms with E-state index in [-0.39, 0.29) is 27.6 Å². The van der Waals surface area contributed by atoms with Gasteiger partial charge in [0.1, 0.15) is 17.3 Å². The van der Waals surface area contributed by atoms with Crippen LogP contribution in [0, 0.1) is 6.92 Å². The summed E-state index contributed by atoms with van der Waals surface area (Å²) in [5, 5.41) is 4.82. The van der Waals surface area contributed by atoms with Crippen molar-refractivity contribution in [3.8, 4) is 5.69 Å². The molecule has 3 N–H and O–H groups in total. The third-order valence-corrected chi connectivity index (χ3v) is 7.63. The number of nitrogens with one attached hydrogen (secondary N) is 1. The second-order valence-electron chi connectivity index (χ2n) is 8.24. The van der Waals surface area contributed by atoms with Crippen molar-refractivity contribution in [2.75, 3.05) is 5.73 Å². The lowest BCUT2D eigenvalue weighted by atomic mass is 10.1. The summed E-state index contributed by atoms with van der Waals surface area (Å²) in [6.45, 7) is 1.86. The minimum atomic E-state index is -4.13. The largest absolute Gasteiger partial charge is 0.383 e. The van der Waals surface area contributed by atoms with Crippen LogP contribution in [0.3, 0.4) is 0 Å². The van der Waals surface area contributed by atoms with Crippen LogP contribution in [0.1, 0.15) is 21.9 Å². The van der Waals surface area contributed by atoms with Crippen LogP contribution in [-0.2, 0) is 10.0 Å². The molecular weight excluding hydrogens is 478 g/mol. The number of fused-ring (bicyclic) bond motifs is 2. The standard InChI is InChI=1S/C25H19N7O3S/c1-15-29-20-10-9-17(13-21(20)30-15)31-24(26)19(14-28-31)23(33)22-12-16-6-5-11-27-25(16)32(22)36(34,35)18-7-3-2-4-8-18/h2-14H,26H2,1H3,(H,29,30). The Morgan fingerprint density at radius 2 is 1.83 bits per heavy atom. The van der Waals surface area contributed by atoms with Gasteiger partial charge in [-0.05, 0) is 55.5 Å². The van der Waals surface area contributed by atoms with Crippen molar-refractivity contribution in [2.24, 2.45) is 0 Å². The molecule has 0 atom stereocenters. The number of pyridine rings is 1. The van der Waals surface area contributed by atoms with Gasteiger partial charge in [0.25, 0.3) is 10.0 Å². The highest BCUT2D eigenvalue weighted by Gasteiger charge is 2.29. The Morgan fingerprint density at radius 1 is 1.03 bits per heavy atom. The van der Waals surface area contributed by atoms with Crippen LogP contribution in [0.4, 0.5) is 5.82 Å². The van der Waals surface area contributed by atoms with Crippen molar-refractivity contribution in [1.82, 2.24) is 28.7 Å². The number of hydrogen-bond acceptors (Lipinski definition) is 7. The summed E-state index contributed by atoms with van der Waals surface area (Å²) in [5.41, 5.74) is 8.72. The van der Waals surface area contributed by atoms with Gasteiger partial charge in [-0.25, -0.2) is 27.0 Å². The first-order valence-electron chi connectivity index (χ1n) is 11.0. The third kappa shape index (κ3) is 3.28. The number of carbonyl (C=O) groups is 1. The van der Waals surface area contributed by atoms with E-state index in [0.29, 0.717) is 11.1 Å². The Morgan fingerprint density at radius 3 is 2.64 bits per heavy atom. The van der Waals surface area contributed by atoms with Gasteiger partial charge in [-0.15, -0.1) is 0 Å². The number of nitrogens with zero attached hydrogens (tertiary/aromatic N) is 5. The molecule has 4 heterocycles. The number of aromatic nitrogens is 6. The number of anilines is 1. The zero-order valence-corrected chi connectivity index (χ0v) is 19.8. The number of carbonyl (C=O) groups excluding carboxylic acids is 1. The normalized spacial score (nSPS) is 11.9. The quantitative estimate of drug-likeness (QED) is 0.347. The third-order valence-electron chi connectivity index (χ3n) is 5.91. The molecule has 6 aromatic rings. The molecule has 10 nitrogen and oxygen atoms in total.